The molecule has 2 N–H and O–H groups in total. The number of amides is 1. The maximum Gasteiger partial charge on any atom is 0.225 e. The minimum Gasteiger partial charge on any atom is -0.384 e. The number of nitrogens with one attached hydrogen (secondary N) is 1. The van der Waals surface area contributed by atoms with Gasteiger partial charge in [-0.1, -0.05) is 27.7 Å². The van der Waals surface area contributed by atoms with Gasteiger partial charge in [-0.05, 0) is 47.6 Å². The number of hydrogen-bond donors (Lipinski definition) is 2. The highest BCUT2D eigenvalue weighted by molar-refractivity contribution is 5.93. The van der Waals surface area contributed by atoms with Crippen LogP contribution in [0.2, 0.25) is 0 Å². The molecule has 1 unspecified atom stereocenters. The number of aliphatic hydroxyl groups is 1. The molecule has 3 aromatic rings. The Morgan fingerprint density at radius 3 is 2.26 bits per heavy atom. The molecule has 1 saturated heterocycles. The van der Waals surface area contributed by atoms with Crippen LogP contribution in [0, 0.1) is 40.6 Å². The van der Waals surface area contributed by atoms with Crippen LogP contribution < -0.4 is 0 Å². The Morgan fingerprint density at radius 2 is 1.69 bits per heavy atom. The number of carbonyl (C=O) groups excluding carboxylic acids is 1. The molecule has 1 amide bonds. The Balaban J connectivity index is 1.47. The molecule has 8 heteroatoms. The lowest BCUT2D eigenvalue weighted by Gasteiger charge is -2.50. The third-order valence-corrected chi connectivity index (χ3v) is 8.03. The maximum absolute atomic E-state index is 15.5. The Morgan fingerprint density at radius 1 is 1.09 bits per heavy atom. The Hall–Kier alpha value is -2.87. The molecule has 1 saturated carbocycles. The normalized spacial score (nSPS) is 26.7. The molecule has 0 bridgehead atoms. The summed E-state index contributed by atoms with van der Waals surface area (Å²) in [6, 6.07) is 3.76. The predicted molar refractivity (Wildman–Crippen MR) is 127 cm³/mol. The standard InChI is InChI=1S/C27H30F3N3O2/c1-14-12-33(25(34)17-9-26(3,4)10-17)13-15(2)27(14,35)23-19(28)7-16(8-20(23)29)18-5-6-31-24-22(18)21(30)11-32-24/h5-8,11,14-15,17,35H,9-10,12-13H2,1-4H3,(H,31,32)/t14-,15+,27?. The Labute approximate surface area is 202 Å². The van der Waals surface area contributed by atoms with E-state index in [1.807, 2.05) is 0 Å². The molecule has 35 heavy (non-hydrogen) atoms. The number of aromatic nitrogens is 2. The number of fused-ring (bicyclic) bond motifs is 1. The number of aromatic amines is 1. The monoisotopic (exact) mass is 485 g/mol. The average molecular weight is 486 g/mol. The minimum absolute atomic E-state index is 0.0330. The number of rotatable bonds is 3. The van der Waals surface area contributed by atoms with E-state index in [0.717, 1.165) is 31.2 Å². The summed E-state index contributed by atoms with van der Waals surface area (Å²) in [4.78, 5) is 21.5. The first kappa shape index (κ1) is 23.9. The van der Waals surface area contributed by atoms with Crippen molar-refractivity contribution < 1.29 is 23.1 Å². The lowest BCUT2D eigenvalue weighted by Crippen LogP contribution is -2.58. The zero-order valence-corrected chi connectivity index (χ0v) is 20.3. The zero-order chi connectivity index (χ0) is 25.3. The fourth-order valence-corrected chi connectivity index (χ4v) is 6.25. The van der Waals surface area contributed by atoms with E-state index in [1.54, 1.807) is 18.7 Å². The van der Waals surface area contributed by atoms with Crippen LogP contribution in [0.4, 0.5) is 13.2 Å². The summed E-state index contributed by atoms with van der Waals surface area (Å²) >= 11 is 0. The van der Waals surface area contributed by atoms with Crippen molar-refractivity contribution >= 4 is 16.9 Å². The van der Waals surface area contributed by atoms with E-state index in [1.165, 1.54) is 12.3 Å². The molecule has 3 heterocycles. The maximum atomic E-state index is 15.5. The first-order valence-corrected chi connectivity index (χ1v) is 12.0. The second-order valence-electron chi connectivity index (χ2n) is 11.2. The number of piperidine rings is 1. The van der Waals surface area contributed by atoms with E-state index >= 15 is 8.78 Å². The highest BCUT2D eigenvalue weighted by atomic mass is 19.1. The molecular weight excluding hydrogens is 455 g/mol. The molecule has 5 rings (SSSR count). The number of nitrogens with zero attached hydrogens (tertiary/aromatic N) is 2. The second kappa shape index (κ2) is 8.08. The van der Waals surface area contributed by atoms with Crippen LogP contribution >= 0.6 is 0 Å². The van der Waals surface area contributed by atoms with Crippen molar-refractivity contribution in [3.63, 3.8) is 0 Å². The van der Waals surface area contributed by atoms with Gasteiger partial charge in [-0.2, -0.15) is 0 Å². The minimum atomic E-state index is -1.80. The average Bonchev–Trinajstić information content (AvgIpc) is 3.15. The van der Waals surface area contributed by atoms with Crippen molar-refractivity contribution in [3.05, 3.63) is 53.6 Å². The highest BCUT2D eigenvalue weighted by Gasteiger charge is 2.51. The number of hydrogen-bond acceptors (Lipinski definition) is 3. The van der Waals surface area contributed by atoms with Gasteiger partial charge in [-0.25, -0.2) is 18.2 Å². The number of pyridine rings is 1. The summed E-state index contributed by atoms with van der Waals surface area (Å²) in [5.74, 6) is -3.53. The van der Waals surface area contributed by atoms with Gasteiger partial charge in [-0.3, -0.25) is 4.79 Å². The molecule has 2 aliphatic rings. The van der Waals surface area contributed by atoms with Gasteiger partial charge in [0.15, 0.2) is 5.82 Å². The molecule has 2 fully saturated rings. The van der Waals surface area contributed by atoms with Gasteiger partial charge in [-0.15, -0.1) is 0 Å². The third kappa shape index (κ3) is 3.73. The van der Waals surface area contributed by atoms with E-state index in [-0.39, 0.29) is 46.9 Å². The van der Waals surface area contributed by atoms with E-state index < -0.39 is 40.5 Å². The second-order valence-corrected chi connectivity index (χ2v) is 11.2. The van der Waals surface area contributed by atoms with Gasteiger partial charge in [0.25, 0.3) is 0 Å². The number of halogens is 3. The van der Waals surface area contributed by atoms with Crippen molar-refractivity contribution in [3.8, 4) is 11.1 Å². The SMILES string of the molecule is C[C@@H]1CN(C(=O)C2CC(C)(C)C2)C[C@H](C)C1(O)c1c(F)cc(-c2ccnc3[nH]cc(F)c23)cc1F. The van der Waals surface area contributed by atoms with E-state index in [9.17, 15) is 14.3 Å². The van der Waals surface area contributed by atoms with Crippen LogP contribution in [0.3, 0.4) is 0 Å². The summed E-state index contributed by atoms with van der Waals surface area (Å²) in [7, 11) is 0. The van der Waals surface area contributed by atoms with Gasteiger partial charge >= 0.3 is 0 Å². The lowest BCUT2D eigenvalue weighted by atomic mass is 9.63. The van der Waals surface area contributed by atoms with E-state index in [4.69, 9.17) is 0 Å². The van der Waals surface area contributed by atoms with E-state index in [0.29, 0.717) is 5.56 Å². The van der Waals surface area contributed by atoms with Crippen LogP contribution in [-0.4, -0.2) is 39.0 Å². The Kier molecular flexibility index (Phi) is 5.51. The van der Waals surface area contributed by atoms with Crippen LogP contribution in [0.1, 0.15) is 46.1 Å². The highest BCUT2D eigenvalue weighted by Crippen LogP contribution is 2.48. The first-order chi connectivity index (χ1) is 16.4. The van der Waals surface area contributed by atoms with Gasteiger partial charge < -0.3 is 15.0 Å². The fraction of sp³-hybridized carbons (Fsp3) is 0.481. The molecule has 1 aliphatic carbocycles. The van der Waals surface area contributed by atoms with Crippen molar-refractivity contribution in [2.45, 2.75) is 46.1 Å². The van der Waals surface area contributed by atoms with Crippen LogP contribution in [-0.2, 0) is 10.4 Å². The fourth-order valence-electron chi connectivity index (χ4n) is 6.25. The summed E-state index contributed by atoms with van der Waals surface area (Å²) in [6.45, 7) is 8.14. The van der Waals surface area contributed by atoms with Crippen LogP contribution in [0.25, 0.3) is 22.2 Å². The molecule has 0 spiro atoms. The Bertz CT molecular complexity index is 1280. The molecule has 3 atom stereocenters. The van der Waals surface area contributed by atoms with Crippen LogP contribution in [0.15, 0.2) is 30.6 Å². The first-order valence-electron chi connectivity index (χ1n) is 12.0. The van der Waals surface area contributed by atoms with Crippen molar-refractivity contribution in [2.75, 3.05) is 13.1 Å². The van der Waals surface area contributed by atoms with Crippen molar-refractivity contribution in [2.24, 2.45) is 23.2 Å². The summed E-state index contributed by atoms with van der Waals surface area (Å²) in [5.41, 5.74) is -1.31. The number of carbonyl (C=O) groups is 1. The zero-order valence-electron chi connectivity index (χ0n) is 20.3. The van der Waals surface area contributed by atoms with Gasteiger partial charge in [0, 0.05) is 43.2 Å². The summed E-state index contributed by atoms with van der Waals surface area (Å²) < 4.78 is 45.4. The van der Waals surface area contributed by atoms with Crippen molar-refractivity contribution in [1.29, 1.82) is 0 Å². The largest absolute Gasteiger partial charge is 0.384 e. The molecule has 0 radical (unpaired) electrons. The third-order valence-electron chi connectivity index (χ3n) is 8.03. The summed E-state index contributed by atoms with van der Waals surface area (Å²) in [5, 5.41) is 11.8. The van der Waals surface area contributed by atoms with Crippen molar-refractivity contribution in [1.82, 2.24) is 14.9 Å². The molecular formula is C27H30F3N3O2. The molecule has 2 aromatic heterocycles. The predicted octanol–water partition coefficient (Wildman–Crippen LogP) is 5.39. The number of likely N-dealkylation sites (tertiary alicyclic amines) is 1. The molecule has 1 aromatic carbocycles. The topological polar surface area (TPSA) is 69.2 Å². The van der Waals surface area contributed by atoms with Gasteiger partial charge in [0.1, 0.15) is 22.9 Å². The number of H-pyrrole nitrogens is 1. The number of benzene rings is 1. The summed E-state index contributed by atoms with van der Waals surface area (Å²) in [6.07, 6.45) is 4.23. The van der Waals surface area contributed by atoms with Gasteiger partial charge in [0.2, 0.25) is 5.91 Å². The molecule has 5 nitrogen and oxygen atoms in total. The lowest BCUT2D eigenvalue weighted by molar-refractivity contribution is -0.159. The van der Waals surface area contributed by atoms with E-state index in [2.05, 4.69) is 23.8 Å². The quantitative estimate of drug-likeness (QED) is 0.523. The smallest absolute Gasteiger partial charge is 0.225 e. The molecule has 1 aliphatic heterocycles. The molecule has 186 valence electrons. The van der Waals surface area contributed by atoms with Gasteiger partial charge in [0.05, 0.1) is 10.9 Å². The van der Waals surface area contributed by atoms with Crippen LogP contribution in [0.5, 0.6) is 0 Å².